The fourth-order valence-electron chi connectivity index (χ4n) is 1.83. The number of hydrogen-bond acceptors (Lipinski definition) is 1. The number of rotatable bonds is 0. The van der Waals surface area contributed by atoms with Crippen molar-refractivity contribution in [3.8, 4) is 0 Å². The van der Waals surface area contributed by atoms with Crippen LogP contribution in [0.4, 0.5) is 0 Å². The van der Waals surface area contributed by atoms with Crippen LogP contribution in [-0.4, -0.2) is 24.2 Å². The molecule has 0 aromatic heterocycles. The highest BCUT2D eigenvalue weighted by molar-refractivity contribution is 6.63. The fourth-order valence-corrected chi connectivity index (χ4v) is 1.83. The molecule has 62 valence electrons. The first-order valence-electron chi connectivity index (χ1n) is 4.30. The second kappa shape index (κ2) is 2.38. The zero-order valence-electron chi connectivity index (χ0n) is 8.52. The highest BCUT2D eigenvalue weighted by Crippen LogP contribution is 2.34. The lowest BCUT2D eigenvalue weighted by atomic mass is 9.58. The van der Waals surface area contributed by atoms with Crippen LogP contribution >= 0.6 is 0 Å². The number of allylic oxidation sites excluding steroid dienone is 1. The molecule has 2 heteroatoms. The predicted octanol–water partition coefficient (Wildman–Crippen LogP) is 2.21. The lowest BCUT2D eigenvalue weighted by Crippen LogP contribution is -2.43. The van der Waals surface area contributed by atoms with E-state index < -0.39 is 0 Å². The molecule has 0 aromatic rings. The minimum atomic E-state index is 0.267. The normalized spacial score (nSPS) is 25.1. The Kier molecular flexibility index (Phi) is 1.91. The molecule has 0 atom stereocenters. The fraction of sp³-hybridized carbons (Fsp3) is 0.778. The van der Waals surface area contributed by atoms with Gasteiger partial charge < -0.3 is 4.81 Å². The Hall–Kier alpha value is -0.235. The first kappa shape index (κ1) is 8.86. The van der Waals surface area contributed by atoms with Gasteiger partial charge in [-0.2, -0.15) is 0 Å². The maximum Gasteiger partial charge on any atom is 0.250 e. The van der Waals surface area contributed by atoms with E-state index >= 15 is 0 Å². The maximum absolute atomic E-state index is 2.43. The van der Waals surface area contributed by atoms with Gasteiger partial charge in [0, 0.05) is 5.54 Å². The van der Waals surface area contributed by atoms with E-state index in [4.69, 9.17) is 0 Å². The lowest BCUT2D eigenvalue weighted by molar-refractivity contribution is 0.330. The molecule has 1 heterocycles. The third-order valence-electron chi connectivity index (χ3n) is 3.60. The van der Waals surface area contributed by atoms with E-state index in [9.17, 15) is 0 Å². The standard InChI is InChI=1S/C9H18BN/c1-7-8(2)10(5)11(6)9(7,3)4/h1-6H3. The average molecular weight is 151 g/mol. The smallest absolute Gasteiger partial charge is 0.250 e. The van der Waals surface area contributed by atoms with Crippen molar-refractivity contribution in [1.82, 2.24) is 4.81 Å². The summed E-state index contributed by atoms with van der Waals surface area (Å²) in [6, 6.07) is 0. The summed E-state index contributed by atoms with van der Waals surface area (Å²) >= 11 is 0. The monoisotopic (exact) mass is 151 g/mol. The maximum atomic E-state index is 2.43. The number of nitrogens with zero attached hydrogens (tertiary/aromatic N) is 1. The Balaban J connectivity index is 3.06. The van der Waals surface area contributed by atoms with Crippen molar-refractivity contribution >= 4 is 6.85 Å². The van der Waals surface area contributed by atoms with Crippen LogP contribution in [0.25, 0.3) is 0 Å². The highest BCUT2D eigenvalue weighted by Gasteiger charge is 2.39. The summed E-state index contributed by atoms with van der Waals surface area (Å²) in [5.41, 5.74) is 3.34. The van der Waals surface area contributed by atoms with Gasteiger partial charge in [-0.1, -0.05) is 24.8 Å². The summed E-state index contributed by atoms with van der Waals surface area (Å²) in [6.07, 6.45) is 0. The zero-order valence-corrected chi connectivity index (χ0v) is 8.52. The molecule has 0 fully saturated rings. The van der Waals surface area contributed by atoms with Crippen molar-refractivity contribution in [3.63, 3.8) is 0 Å². The van der Waals surface area contributed by atoms with E-state index in [1.165, 1.54) is 11.0 Å². The van der Waals surface area contributed by atoms with Gasteiger partial charge in [0.05, 0.1) is 0 Å². The number of hydrogen-bond donors (Lipinski definition) is 0. The van der Waals surface area contributed by atoms with E-state index in [2.05, 4.69) is 46.4 Å². The summed E-state index contributed by atoms with van der Waals surface area (Å²) in [5, 5.41) is 0. The Morgan fingerprint density at radius 1 is 1.27 bits per heavy atom. The first-order chi connectivity index (χ1) is 4.89. The van der Waals surface area contributed by atoms with Gasteiger partial charge >= 0.3 is 0 Å². The van der Waals surface area contributed by atoms with Crippen LogP contribution in [-0.2, 0) is 0 Å². The first-order valence-corrected chi connectivity index (χ1v) is 4.30. The molecule has 0 N–H and O–H groups in total. The molecule has 0 amide bonds. The minimum absolute atomic E-state index is 0.267. The molecule has 1 aliphatic rings. The average Bonchev–Trinajstić information content (AvgIpc) is 2.06. The molecular formula is C9H18BN. The third-order valence-corrected chi connectivity index (χ3v) is 3.60. The van der Waals surface area contributed by atoms with Gasteiger partial charge in [0.2, 0.25) is 6.85 Å². The topological polar surface area (TPSA) is 3.24 Å². The van der Waals surface area contributed by atoms with Crippen LogP contribution in [0.15, 0.2) is 11.0 Å². The SMILES string of the molecule is CB1C(C)=C(C)C(C)(C)N1C. The quantitative estimate of drug-likeness (QED) is 0.479. The predicted molar refractivity (Wildman–Crippen MR) is 51.8 cm³/mol. The molecule has 0 saturated heterocycles. The summed E-state index contributed by atoms with van der Waals surface area (Å²) in [6.45, 7) is 11.9. The minimum Gasteiger partial charge on any atom is -0.333 e. The Morgan fingerprint density at radius 2 is 1.73 bits per heavy atom. The van der Waals surface area contributed by atoms with E-state index in [1.54, 1.807) is 0 Å². The van der Waals surface area contributed by atoms with Crippen LogP contribution in [0.1, 0.15) is 27.7 Å². The molecular weight excluding hydrogens is 133 g/mol. The van der Waals surface area contributed by atoms with E-state index in [0.29, 0.717) is 6.85 Å². The Labute approximate surface area is 70.6 Å². The molecule has 11 heavy (non-hydrogen) atoms. The number of likely N-dealkylation sites (N-methyl/N-ethyl adjacent to an activating group) is 1. The molecule has 1 aliphatic heterocycles. The van der Waals surface area contributed by atoms with Crippen LogP contribution < -0.4 is 0 Å². The van der Waals surface area contributed by atoms with Gasteiger partial charge in [0.25, 0.3) is 0 Å². The Morgan fingerprint density at radius 3 is 1.82 bits per heavy atom. The Bertz CT molecular complexity index is 206. The van der Waals surface area contributed by atoms with Gasteiger partial charge in [0.1, 0.15) is 0 Å². The molecule has 0 saturated carbocycles. The van der Waals surface area contributed by atoms with Gasteiger partial charge in [-0.25, -0.2) is 0 Å². The molecule has 0 aliphatic carbocycles. The van der Waals surface area contributed by atoms with Gasteiger partial charge in [-0.15, -0.1) is 0 Å². The van der Waals surface area contributed by atoms with Crippen molar-refractivity contribution in [2.24, 2.45) is 0 Å². The summed E-state index contributed by atoms with van der Waals surface area (Å²) in [7, 11) is 2.20. The molecule has 1 nitrogen and oxygen atoms in total. The largest absolute Gasteiger partial charge is 0.333 e. The van der Waals surface area contributed by atoms with Crippen molar-refractivity contribution in [2.75, 3.05) is 7.05 Å². The van der Waals surface area contributed by atoms with Crippen LogP contribution in [0, 0.1) is 0 Å². The van der Waals surface area contributed by atoms with Crippen LogP contribution in [0.3, 0.4) is 0 Å². The highest BCUT2D eigenvalue weighted by atomic mass is 15.1. The molecule has 0 spiro atoms. The molecule has 0 radical (unpaired) electrons. The van der Waals surface area contributed by atoms with Crippen molar-refractivity contribution in [2.45, 2.75) is 40.1 Å². The van der Waals surface area contributed by atoms with Crippen molar-refractivity contribution in [1.29, 1.82) is 0 Å². The van der Waals surface area contributed by atoms with Gasteiger partial charge in [-0.05, 0) is 27.8 Å². The molecule has 0 bridgehead atoms. The van der Waals surface area contributed by atoms with E-state index in [1.807, 2.05) is 0 Å². The summed E-state index contributed by atoms with van der Waals surface area (Å²) in [5.74, 6) is 0. The molecule has 0 aromatic carbocycles. The third kappa shape index (κ3) is 1.04. The molecule has 0 unspecified atom stereocenters. The van der Waals surface area contributed by atoms with Gasteiger partial charge in [-0.3, -0.25) is 0 Å². The van der Waals surface area contributed by atoms with Crippen LogP contribution in [0.2, 0.25) is 6.82 Å². The molecule has 1 rings (SSSR count). The van der Waals surface area contributed by atoms with Crippen LogP contribution in [0.5, 0.6) is 0 Å². The zero-order chi connectivity index (χ0) is 8.81. The summed E-state index contributed by atoms with van der Waals surface area (Å²) < 4.78 is 0. The second-order valence-corrected chi connectivity index (χ2v) is 4.15. The summed E-state index contributed by atoms with van der Waals surface area (Å²) in [4.78, 5) is 2.43. The van der Waals surface area contributed by atoms with E-state index in [0.717, 1.165) is 0 Å². The second-order valence-electron chi connectivity index (χ2n) is 4.15. The van der Waals surface area contributed by atoms with Gasteiger partial charge in [0.15, 0.2) is 0 Å². The van der Waals surface area contributed by atoms with Crippen molar-refractivity contribution in [3.05, 3.63) is 11.0 Å². The van der Waals surface area contributed by atoms with Crippen molar-refractivity contribution < 1.29 is 0 Å². The van der Waals surface area contributed by atoms with E-state index in [-0.39, 0.29) is 5.54 Å². The lowest BCUT2D eigenvalue weighted by Gasteiger charge is -2.32.